The molecule has 0 spiro atoms. The lowest BCUT2D eigenvalue weighted by Gasteiger charge is -2.13. The predicted molar refractivity (Wildman–Crippen MR) is 197 cm³/mol. The van der Waals surface area contributed by atoms with E-state index in [1.54, 1.807) is 64.0 Å². The molecule has 2 aliphatic heterocycles. The number of likely N-dealkylation sites (tertiary alicyclic amines) is 2. The van der Waals surface area contributed by atoms with Crippen LogP contribution in [0.25, 0.3) is 18.4 Å². The molecule has 0 unspecified atom stereocenters. The van der Waals surface area contributed by atoms with Crippen LogP contribution in [-0.2, 0) is 9.59 Å². The lowest BCUT2D eigenvalue weighted by atomic mass is 10.2. The van der Waals surface area contributed by atoms with E-state index in [1.807, 2.05) is 80.8 Å². The Morgan fingerprint density at radius 2 is 1.15 bits per heavy atom. The standard InChI is InChI=1S/C8H13NO.C8H8.C7H7N.C6H9NO.C5H6N2.C3H9N.CH4/c1-2-9-7-5-3-4-6-8(9)10;1-2-8-6-4-3-5-7-8;1-2-7-3-5-8-6-4-7;1-2-7-5-3-4-6(7)8;1-2-7-4-3-6-5-7;1-4(2)3;/h2H,1,3-7H2;2-7H,1H2;2-6H,1H2;2H,1,3-5H2;2-5H,1H2;1-3H3;1H4. The molecule has 2 fully saturated rings. The van der Waals surface area contributed by atoms with Crippen molar-refractivity contribution >= 4 is 30.2 Å². The van der Waals surface area contributed by atoms with Crippen molar-refractivity contribution in [2.75, 3.05) is 34.2 Å². The highest BCUT2D eigenvalue weighted by Gasteiger charge is 2.16. The molecule has 46 heavy (non-hydrogen) atoms. The summed E-state index contributed by atoms with van der Waals surface area (Å²) in [7, 11) is 6.00. The molecule has 5 rings (SSSR count). The van der Waals surface area contributed by atoms with E-state index < -0.39 is 0 Å². The number of carbonyl (C=O) groups is 2. The summed E-state index contributed by atoms with van der Waals surface area (Å²) in [5.74, 6) is 0.438. The maximum Gasteiger partial charge on any atom is 0.226 e. The molecule has 0 aliphatic carbocycles. The van der Waals surface area contributed by atoms with Crippen molar-refractivity contribution in [1.82, 2.24) is 29.2 Å². The topological polar surface area (TPSA) is 74.6 Å². The summed E-state index contributed by atoms with van der Waals surface area (Å²) < 4.78 is 1.78. The van der Waals surface area contributed by atoms with E-state index in [0.717, 1.165) is 37.9 Å². The van der Waals surface area contributed by atoms with Crippen LogP contribution in [0.15, 0.2) is 119 Å². The SMILES string of the molecule is C.C=CN1CCCC1=O.C=CN1CCCCCC1=O.C=Cc1ccccc1.C=Cc1ccncc1.C=Cn1ccnc1.CN(C)C. The molecule has 0 saturated carbocycles. The third-order valence-corrected chi connectivity index (χ3v) is 5.87. The van der Waals surface area contributed by atoms with Gasteiger partial charge in [0.1, 0.15) is 0 Å². The number of amides is 2. The fourth-order valence-electron chi connectivity index (χ4n) is 3.52. The summed E-state index contributed by atoms with van der Waals surface area (Å²) in [6.07, 6.45) is 23.0. The zero-order chi connectivity index (χ0) is 33.7. The molecule has 2 amide bonds. The van der Waals surface area contributed by atoms with E-state index in [9.17, 15) is 9.59 Å². The molecule has 1 aromatic carbocycles. The maximum absolute atomic E-state index is 11.1. The van der Waals surface area contributed by atoms with E-state index in [1.165, 1.54) is 12.0 Å². The van der Waals surface area contributed by atoms with E-state index in [-0.39, 0.29) is 19.2 Å². The van der Waals surface area contributed by atoms with Gasteiger partial charge in [-0.2, -0.15) is 0 Å². The Balaban J connectivity index is 0. The average molecular weight is 629 g/mol. The number of hydrogen-bond acceptors (Lipinski definition) is 5. The molecule has 2 saturated heterocycles. The first-order valence-electron chi connectivity index (χ1n) is 15.0. The van der Waals surface area contributed by atoms with Crippen molar-refractivity contribution in [3.8, 4) is 0 Å². The summed E-state index contributed by atoms with van der Waals surface area (Å²) in [6.45, 7) is 19.6. The van der Waals surface area contributed by atoms with Crippen molar-refractivity contribution in [3.63, 3.8) is 0 Å². The van der Waals surface area contributed by atoms with Gasteiger partial charge in [-0.1, -0.05) is 89.2 Å². The molecular weight excluding hydrogens is 572 g/mol. The molecular formula is C38H56N6O2. The van der Waals surface area contributed by atoms with Gasteiger partial charge in [0.2, 0.25) is 11.8 Å². The second-order valence-corrected chi connectivity index (χ2v) is 10.1. The van der Waals surface area contributed by atoms with Crippen LogP contribution in [0.3, 0.4) is 0 Å². The van der Waals surface area contributed by atoms with Crippen molar-refractivity contribution in [1.29, 1.82) is 0 Å². The summed E-state index contributed by atoms with van der Waals surface area (Å²) >= 11 is 0. The minimum absolute atomic E-state index is 0. The van der Waals surface area contributed by atoms with Gasteiger partial charge < -0.3 is 19.3 Å². The van der Waals surface area contributed by atoms with Gasteiger partial charge in [-0.15, -0.1) is 0 Å². The largest absolute Gasteiger partial charge is 0.320 e. The molecule has 0 atom stereocenters. The summed E-state index contributed by atoms with van der Waals surface area (Å²) in [5, 5.41) is 0. The van der Waals surface area contributed by atoms with Gasteiger partial charge >= 0.3 is 0 Å². The molecule has 2 aromatic heterocycles. The summed E-state index contributed by atoms with van der Waals surface area (Å²) in [5.41, 5.74) is 2.28. The van der Waals surface area contributed by atoms with Crippen LogP contribution in [0.5, 0.6) is 0 Å². The van der Waals surface area contributed by atoms with E-state index in [2.05, 4.69) is 42.9 Å². The first-order valence-corrected chi connectivity index (χ1v) is 15.0. The highest BCUT2D eigenvalue weighted by atomic mass is 16.2. The lowest BCUT2D eigenvalue weighted by Crippen LogP contribution is -2.23. The van der Waals surface area contributed by atoms with Gasteiger partial charge in [-0.25, -0.2) is 4.98 Å². The average Bonchev–Trinajstić information content (AvgIpc) is 3.71. The highest BCUT2D eigenvalue weighted by molar-refractivity contribution is 5.79. The van der Waals surface area contributed by atoms with Crippen LogP contribution < -0.4 is 0 Å². The Morgan fingerprint density at radius 1 is 0.652 bits per heavy atom. The third-order valence-electron chi connectivity index (χ3n) is 5.87. The molecule has 8 nitrogen and oxygen atoms in total. The monoisotopic (exact) mass is 628 g/mol. The van der Waals surface area contributed by atoms with E-state index in [4.69, 9.17) is 0 Å². The predicted octanol–water partition coefficient (Wildman–Crippen LogP) is 8.14. The van der Waals surface area contributed by atoms with Crippen molar-refractivity contribution < 1.29 is 9.59 Å². The van der Waals surface area contributed by atoms with Crippen LogP contribution in [0.2, 0.25) is 0 Å². The van der Waals surface area contributed by atoms with Crippen molar-refractivity contribution in [2.24, 2.45) is 0 Å². The van der Waals surface area contributed by atoms with Gasteiger partial charge in [0.25, 0.3) is 0 Å². The molecule has 4 heterocycles. The third kappa shape index (κ3) is 22.7. The second-order valence-electron chi connectivity index (χ2n) is 10.1. The second kappa shape index (κ2) is 28.9. The zero-order valence-corrected chi connectivity index (χ0v) is 27.5. The zero-order valence-electron chi connectivity index (χ0n) is 27.5. The highest BCUT2D eigenvalue weighted by Crippen LogP contribution is 2.10. The molecule has 8 heteroatoms. The molecule has 0 bridgehead atoms. The normalized spacial score (nSPS) is 12.9. The van der Waals surface area contributed by atoms with Crippen molar-refractivity contribution in [3.05, 3.63) is 130 Å². The first-order chi connectivity index (χ1) is 21.7. The van der Waals surface area contributed by atoms with Gasteiger partial charge in [-0.3, -0.25) is 14.6 Å². The fraction of sp³-hybridized carbons (Fsp3) is 0.316. The Bertz CT molecular complexity index is 1180. The smallest absolute Gasteiger partial charge is 0.226 e. The van der Waals surface area contributed by atoms with Crippen LogP contribution >= 0.6 is 0 Å². The Labute approximate surface area is 278 Å². The molecule has 2 aliphatic rings. The Morgan fingerprint density at radius 3 is 1.50 bits per heavy atom. The van der Waals surface area contributed by atoms with Gasteiger partial charge in [0.15, 0.2) is 0 Å². The number of imidazole rings is 1. The molecule has 0 radical (unpaired) electrons. The molecule has 250 valence electrons. The van der Waals surface area contributed by atoms with Gasteiger partial charge in [-0.05, 0) is 76.1 Å². The van der Waals surface area contributed by atoms with Crippen LogP contribution in [0.1, 0.15) is 57.1 Å². The van der Waals surface area contributed by atoms with Crippen LogP contribution in [0.4, 0.5) is 0 Å². The van der Waals surface area contributed by atoms with E-state index in [0.29, 0.717) is 12.8 Å². The summed E-state index contributed by atoms with van der Waals surface area (Å²) in [6, 6.07) is 13.8. The van der Waals surface area contributed by atoms with Crippen LogP contribution in [-0.4, -0.2) is 75.3 Å². The minimum Gasteiger partial charge on any atom is -0.320 e. The van der Waals surface area contributed by atoms with Crippen molar-refractivity contribution in [2.45, 2.75) is 46.0 Å². The first kappa shape index (κ1) is 43.3. The number of hydrogen-bond donors (Lipinski definition) is 0. The van der Waals surface area contributed by atoms with Gasteiger partial charge in [0, 0.05) is 56.9 Å². The van der Waals surface area contributed by atoms with E-state index >= 15 is 0 Å². The molecule has 3 aromatic rings. The maximum atomic E-state index is 11.1. The Kier molecular flexibility index (Phi) is 27.2. The number of pyridine rings is 1. The number of carbonyl (C=O) groups excluding carboxylic acids is 2. The Hall–Kier alpha value is -4.82. The number of rotatable bonds is 5. The van der Waals surface area contributed by atoms with Gasteiger partial charge in [0.05, 0.1) is 6.33 Å². The van der Waals surface area contributed by atoms with Crippen LogP contribution in [0, 0.1) is 0 Å². The fourth-order valence-corrected chi connectivity index (χ4v) is 3.52. The lowest BCUT2D eigenvalue weighted by molar-refractivity contribution is -0.128. The summed E-state index contributed by atoms with van der Waals surface area (Å²) in [4.78, 5) is 34.8. The number of aromatic nitrogens is 3. The molecule has 0 N–H and O–H groups in total. The number of nitrogens with zero attached hydrogens (tertiary/aromatic N) is 6. The quantitative estimate of drug-likeness (QED) is 0.285. The minimum atomic E-state index is 0. The number of benzene rings is 1.